The first-order valence-corrected chi connectivity index (χ1v) is 9.96. The van der Waals surface area contributed by atoms with Crippen molar-refractivity contribution in [3.63, 3.8) is 0 Å². The number of halogens is 1. The highest BCUT2D eigenvalue weighted by Crippen LogP contribution is 2.28. The minimum atomic E-state index is -0.244. The zero-order valence-corrected chi connectivity index (χ0v) is 16.1. The van der Waals surface area contributed by atoms with Crippen LogP contribution in [0.1, 0.15) is 10.5 Å². The van der Waals surface area contributed by atoms with Crippen LogP contribution in [-0.2, 0) is 0 Å². The second kappa shape index (κ2) is 6.78. The van der Waals surface area contributed by atoms with Gasteiger partial charge in [-0.1, -0.05) is 60.1 Å². The summed E-state index contributed by atoms with van der Waals surface area (Å²) < 4.78 is 0. The van der Waals surface area contributed by atoms with Crippen molar-refractivity contribution in [2.75, 3.05) is 5.32 Å². The van der Waals surface area contributed by atoms with E-state index in [2.05, 4.69) is 39.6 Å². The second-order valence-corrected chi connectivity index (χ2v) is 7.71. The molecule has 0 aliphatic heterocycles. The first kappa shape index (κ1) is 17.0. The Hall–Kier alpha value is -3.15. The van der Waals surface area contributed by atoms with Crippen molar-refractivity contribution in [1.82, 2.24) is 9.97 Å². The maximum Gasteiger partial charge on any atom is 0.273 e. The van der Waals surface area contributed by atoms with Gasteiger partial charge in [-0.3, -0.25) is 10.1 Å². The molecule has 0 aliphatic rings. The first-order chi connectivity index (χ1) is 13.7. The summed E-state index contributed by atoms with van der Waals surface area (Å²) in [6.07, 6.45) is 0. The second-order valence-electron chi connectivity index (χ2n) is 6.44. The number of aromatic nitrogens is 2. The lowest BCUT2D eigenvalue weighted by Crippen LogP contribution is -2.11. The van der Waals surface area contributed by atoms with Gasteiger partial charge < -0.3 is 4.98 Å². The van der Waals surface area contributed by atoms with Crippen molar-refractivity contribution >= 4 is 55.7 Å². The third kappa shape index (κ3) is 3.05. The molecule has 0 aliphatic carbocycles. The van der Waals surface area contributed by atoms with Crippen molar-refractivity contribution in [3.05, 3.63) is 82.8 Å². The van der Waals surface area contributed by atoms with Crippen LogP contribution < -0.4 is 5.32 Å². The third-order valence-electron chi connectivity index (χ3n) is 4.62. The molecule has 2 N–H and O–H groups in total. The Kier molecular flexibility index (Phi) is 4.11. The first-order valence-electron chi connectivity index (χ1n) is 8.71. The standard InChI is InChI=1S/C22H14ClN3OS/c23-17-7-3-6-16-11-18(24-20(16)17)21(27)26-22-25-19(12-28-22)15-9-8-13-4-1-2-5-14(13)10-15/h1-12,24H,(H,25,26,27). The van der Waals surface area contributed by atoms with Gasteiger partial charge in [0.2, 0.25) is 0 Å². The number of para-hydroxylation sites is 1. The molecular weight excluding hydrogens is 390 g/mol. The Morgan fingerprint density at radius 2 is 1.79 bits per heavy atom. The van der Waals surface area contributed by atoms with Crippen molar-refractivity contribution in [3.8, 4) is 11.3 Å². The number of carbonyl (C=O) groups excluding carboxylic acids is 1. The number of hydrogen-bond acceptors (Lipinski definition) is 3. The lowest BCUT2D eigenvalue weighted by atomic mass is 10.1. The van der Waals surface area contributed by atoms with Gasteiger partial charge in [0.25, 0.3) is 5.91 Å². The Balaban J connectivity index is 1.40. The van der Waals surface area contributed by atoms with Crippen LogP contribution in [0.25, 0.3) is 32.9 Å². The fraction of sp³-hybridized carbons (Fsp3) is 0. The molecule has 5 aromatic rings. The van der Waals surface area contributed by atoms with E-state index in [0.29, 0.717) is 15.8 Å². The van der Waals surface area contributed by atoms with Crippen LogP contribution in [0.15, 0.2) is 72.1 Å². The molecule has 4 nitrogen and oxygen atoms in total. The average Bonchev–Trinajstić information content (AvgIpc) is 3.35. The van der Waals surface area contributed by atoms with Gasteiger partial charge in [0.1, 0.15) is 5.69 Å². The molecule has 2 heterocycles. The zero-order valence-electron chi connectivity index (χ0n) is 14.6. The van der Waals surface area contributed by atoms with Gasteiger partial charge in [-0.05, 0) is 29.0 Å². The highest BCUT2D eigenvalue weighted by Gasteiger charge is 2.13. The molecule has 0 fully saturated rings. The van der Waals surface area contributed by atoms with Crippen LogP contribution in [0.3, 0.4) is 0 Å². The van der Waals surface area contributed by atoms with Crippen LogP contribution in [0.4, 0.5) is 5.13 Å². The number of hydrogen-bond donors (Lipinski definition) is 2. The van der Waals surface area contributed by atoms with Crippen molar-refractivity contribution in [2.24, 2.45) is 0 Å². The van der Waals surface area contributed by atoms with E-state index in [1.165, 1.54) is 16.7 Å². The quantitative estimate of drug-likeness (QED) is 0.368. The Morgan fingerprint density at radius 1 is 0.964 bits per heavy atom. The molecular formula is C22H14ClN3OS. The van der Waals surface area contributed by atoms with E-state index < -0.39 is 0 Å². The van der Waals surface area contributed by atoms with E-state index in [-0.39, 0.29) is 5.91 Å². The molecule has 0 spiro atoms. The smallest absolute Gasteiger partial charge is 0.273 e. The largest absolute Gasteiger partial charge is 0.349 e. The number of amides is 1. The normalized spacial score (nSPS) is 11.2. The van der Waals surface area contributed by atoms with Crippen LogP contribution in [0.5, 0.6) is 0 Å². The molecule has 2 aromatic heterocycles. The number of anilines is 1. The maximum atomic E-state index is 12.6. The van der Waals surface area contributed by atoms with Gasteiger partial charge in [-0.15, -0.1) is 11.3 Å². The fourth-order valence-corrected chi connectivity index (χ4v) is 4.16. The highest BCUT2D eigenvalue weighted by molar-refractivity contribution is 7.14. The summed E-state index contributed by atoms with van der Waals surface area (Å²) in [6, 6.07) is 21.8. The Morgan fingerprint density at radius 3 is 2.64 bits per heavy atom. The molecule has 0 bridgehead atoms. The topological polar surface area (TPSA) is 57.8 Å². The molecule has 1 amide bonds. The Labute approximate surface area is 169 Å². The van der Waals surface area contributed by atoms with E-state index >= 15 is 0 Å². The molecule has 0 radical (unpaired) electrons. The zero-order chi connectivity index (χ0) is 19.1. The number of benzene rings is 3. The van der Waals surface area contributed by atoms with E-state index in [9.17, 15) is 4.79 Å². The van der Waals surface area contributed by atoms with E-state index in [1.54, 1.807) is 12.1 Å². The molecule has 3 aromatic carbocycles. The van der Waals surface area contributed by atoms with Crippen molar-refractivity contribution in [2.45, 2.75) is 0 Å². The number of carbonyl (C=O) groups is 1. The number of nitrogens with one attached hydrogen (secondary N) is 2. The number of rotatable bonds is 3. The SMILES string of the molecule is O=C(Nc1nc(-c2ccc3ccccc3c2)cs1)c1cc2cccc(Cl)c2[nH]1. The van der Waals surface area contributed by atoms with Gasteiger partial charge >= 0.3 is 0 Å². The molecule has 0 atom stereocenters. The molecule has 5 rings (SSSR count). The van der Waals surface area contributed by atoms with Crippen LogP contribution in [0.2, 0.25) is 5.02 Å². The van der Waals surface area contributed by atoms with E-state index in [4.69, 9.17) is 11.6 Å². The molecule has 0 saturated carbocycles. The third-order valence-corrected chi connectivity index (χ3v) is 5.69. The summed E-state index contributed by atoms with van der Waals surface area (Å²) in [5, 5.41) is 9.19. The van der Waals surface area contributed by atoms with Gasteiger partial charge in [0, 0.05) is 16.3 Å². The summed E-state index contributed by atoms with van der Waals surface area (Å²) in [6.45, 7) is 0. The Bertz CT molecular complexity index is 1340. The van der Waals surface area contributed by atoms with Crippen molar-refractivity contribution in [1.29, 1.82) is 0 Å². The fourth-order valence-electron chi connectivity index (χ4n) is 3.22. The monoisotopic (exact) mass is 403 g/mol. The maximum absolute atomic E-state index is 12.6. The van der Waals surface area contributed by atoms with E-state index in [1.807, 2.05) is 35.7 Å². The predicted molar refractivity (Wildman–Crippen MR) is 116 cm³/mol. The molecule has 136 valence electrons. The van der Waals surface area contributed by atoms with Crippen molar-refractivity contribution < 1.29 is 4.79 Å². The van der Waals surface area contributed by atoms with Gasteiger partial charge in [-0.2, -0.15) is 0 Å². The molecule has 6 heteroatoms. The summed E-state index contributed by atoms with van der Waals surface area (Å²) in [4.78, 5) is 20.2. The minimum absolute atomic E-state index is 0.244. The molecule has 28 heavy (non-hydrogen) atoms. The number of fused-ring (bicyclic) bond motifs is 2. The number of thiazole rings is 1. The summed E-state index contributed by atoms with van der Waals surface area (Å²) >= 11 is 7.57. The number of H-pyrrole nitrogens is 1. The number of aromatic amines is 1. The minimum Gasteiger partial charge on any atom is -0.349 e. The predicted octanol–water partition coefficient (Wildman–Crippen LogP) is 6.35. The van der Waals surface area contributed by atoms with Gasteiger partial charge in [-0.25, -0.2) is 4.98 Å². The van der Waals surface area contributed by atoms with Gasteiger partial charge in [0.05, 0.1) is 16.2 Å². The van der Waals surface area contributed by atoms with Crippen LogP contribution >= 0.6 is 22.9 Å². The average molecular weight is 404 g/mol. The van der Waals surface area contributed by atoms with Gasteiger partial charge in [0.15, 0.2) is 5.13 Å². The summed E-state index contributed by atoms with van der Waals surface area (Å²) in [5.74, 6) is -0.244. The number of nitrogens with zero attached hydrogens (tertiary/aromatic N) is 1. The van der Waals surface area contributed by atoms with Crippen LogP contribution in [-0.4, -0.2) is 15.9 Å². The summed E-state index contributed by atoms with van der Waals surface area (Å²) in [7, 11) is 0. The lowest BCUT2D eigenvalue weighted by molar-refractivity contribution is 0.102. The van der Waals surface area contributed by atoms with Crippen LogP contribution in [0, 0.1) is 0 Å². The lowest BCUT2D eigenvalue weighted by Gasteiger charge is -2.01. The molecule has 0 unspecified atom stereocenters. The molecule has 0 saturated heterocycles. The van der Waals surface area contributed by atoms with E-state index in [0.717, 1.165) is 27.5 Å². The summed E-state index contributed by atoms with van der Waals surface area (Å²) in [5.41, 5.74) is 3.06. The highest BCUT2D eigenvalue weighted by atomic mass is 35.5.